The normalized spacial score (nSPS) is 12.1. The Hall–Kier alpha value is -0.0600. The topological polar surface area (TPSA) is 69.2 Å². The van der Waals surface area contributed by atoms with Crippen LogP contribution in [0.15, 0.2) is 0 Å². The maximum Gasteiger partial charge on any atom is 1.00 e. The second kappa shape index (κ2) is 21.2. The number of hydrogen-bond donors (Lipinski definition) is 1. The van der Waals surface area contributed by atoms with Crippen LogP contribution in [0.1, 0.15) is 118 Å². The molecule has 0 unspecified atom stereocenters. The molecule has 0 aromatic heterocycles. The fourth-order valence-electron chi connectivity index (χ4n) is 2.96. The fraction of sp³-hybridized carbons (Fsp3) is 0.905. The zero-order chi connectivity index (χ0) is 19.5. The molecule has 0 aliphatic carbocycles. The summed E-state index contributed by atoms with van der Waals surface area (Å²) in [6.07, 6.45) is 18.9. The van der Waals surface area contributed by atoms with E-state index >= 15 is 0 Å². The van der Waals surface area contributed by atoms with Crippen LogP contribution in [0.5, 0.6) is 0 Å². The maximum atomic E-state index is 11.5. The molecule has 0 heterocycles. The first-order valence-electron chi connectivity index (χ1n) is 11.1. The summed E-state index contributed by atoms with van der Waals surface area (Å²) in [7, 11) is 0. The van der Waals surface area contributed by atoms with Crippen molar-refractivity contribution in [3.8, 4) is 0 Å². The molecule has 26 heavy (non-hydrogen) atoms. The maximum absolute atomic E-state index is 11.5. The van der Waals surface area contributed by atoms with Gasteiger partial charge >= 0.3 is 29.6 Å². The Balaban J connectivity index is 0. The number of rotatable bonds is 18. The number of carboxylic acids is 1. The predicted molar refractivity (Wildman–Crippen MR) is 102 cm³/mol. The summed E-state index contributed by atoms with van der Waals surface area (Å²) in [6, 6.07) is -0.906. The number of carboxylic acid groups (broad SMARTS) is 1. The molecule has 0 saturated carbocycles. The third-order valence-electron chi connectivity index (χ3n) is 4.63. The molecule has 0 radical (unpaired) electrons. The Morgan fingerprint density at radius 3 is 1.58 bits per heavy atom. The molecule has 0 rings (SSSR count). The van der Waals surface area contributed by atoms with E-state index in [2.05, 4.69) is 5.32 Å². The third kappa shape index (κ3) is 20.3. The van der Waals surface area contributed by atoms with E-state index in [1.54, 1.807) is 0 Å². The monoisotopic (exact) mass is 378 g/mol. The number of aliphatic carboxylic acids is 1. The van der Waals surface area contributed by atoms with E-state index in [9.17, 15) is 14.7 Å². The van der Waals surface area contributed by atoms with Crippen LogP contribution in [0.4, 0.5) is 0 Å². The van der Waals surface area contributed by atoms with Crippen molar-refractivity contribution in [2.45, 2.75) is 123 Å². The number of carbonyl (C=O) groups is 2. The van der Waals surface area contributed by atoms with E-state index in [4.69, 9.17) is 1.37 Å². The molecule has 1 N–H and O–H groups in total. The van der Waals surface area contributed by atoms with Crippen LogP contribution in [0.25, 0.3) is 0 Å². The number of amides is 1. The van der Waals surface area contributed by atoms with Gasteiger partial charge in [0.05, 0.1) is 12.0 Å². The van der Waals surface area contributed by atoms with Crippen molar-refractivity contribution in [2.24, 2.45) is 0 Å². The zero-order valence-corrected chi connectivity index (χ0v) is 19.3. The van der Waals surface area contributed by atoms with Crippen LogP contribution in [-0.4, -0.2) is 17.9 Å². The van der Waals surface area contributed by atoms with E-state index in [0.717, 1.165) is 25.7 Å². The van der Waals surface area contributed by atoms with Gasteiger partial charge in [-0.3, -0.25) is 4.79 Å². The molecule has 0 fully saturated rings. The summed E-state index contributed by atoms with van der Waals surface area (Å²) in [5, 5.41) is 12.9. The van der Waals surface area contributed by atoms with Crippen molar-refractivity contribution >= 4 is 11.9 Å². The van der Waals surface area contributed by atoms with Gasteiger partial charge in [-0.15, -0.1) is 0 Å². The van der Waals surface area contributed by atoms with Crippen LogP contribution in [-0.2, 0) is 9.59 Å². The van der Waals surface area contributed by atoms with E-state index in [1.165, 1.54) is 77.6 Å². The molecular weight excluding hydrogens is 337 g/mol. The summed E-state index contributed by atoms with van der Waals surface area (Å²) in [5.41, 5.74) is 0. The van der Waals surface area contributed by atoms with Crippen molar-refractivity contribution in [2.75, 3.05) is 0 Å². The average Bonchev–Trinajstić information content (AvgIpc) is 2.61. The molecule has 0 saturated heterocycles. The van der Waals surface area contributed by atoms with Crippen LogP contribution >= 0.6 is 0 Å². The largest absolute Gasteiger partial charge is 1.00 e. The summed E-state index contributed by atoms with van der Waals surface area (Å²) in [4.78, 5) is 22.0. The van der Waals surface area contributed by atoms with Crippen molar-refractivity contribution in [3.63, 3.8) is 0 Å². The SMILES string of the molecule is [2H]CCCCCCCCCCCCCCCCCC(=O)N[C@@H](C)C(=O)[O-].[Na+]. The smallest absolute Gasteiger partial charge is 0.548 e. The molecule has 0 aromatic carbocycles. The molecule has 0 aliphatic rings. The van der Waals surface area contributed by atoms with Gasteiger partial charge < -0.3 is 15.2 Å². The molecule has 1 amide bonds. The molecule has 0 bridgehead atoms. The first-order chi connectivity index (χ1) is 12.6. The van der Waals surface area contributed by atoms with Crippen molar-refractivity contribution < 1.29 is 45.6 Å². The molecule has 0 aliphatic heterocycles. The van der Waals surface area contributed by atoms with Crippen molar-refractivity contribution in [1.29, 1.82) is 0 Å². The van der Waals surface area contributed by atoms with Crippen LogP contribution < -0.4 is 40.0 Å². The molecular formula is C21H40NNaO3. The average molecular weight is 379 g/mol. The Bertz CT molecular complexity index is 356. The second-order valence-electron chi connectivity index (χ2n) is 7.16. The van der Waals surface area contributed by atoms with Crippen molar-refractivity contribution in [1.82, 2.24) is 5.32 Å². The fourth-order valence-corrected chi connectivity index (χ4v) is 2.96. The molecule has 0 spiro atoms. The summed E-state index contributed by atoms with van der Waals surface area (Å²) in [6.45, 7) is 2.01. The Morgan fingerprint density at radius 2 is 1.19 bits per heavy atom. The molecule has 1 atom stereocenters. The van der Waals surface area contributed by atoms with Gasteiger partial charge in [0.15, 0.2) is 0 Å². The Labute approximate surface area is 185 Å². The van der Waals surface area contributed by atoms with Crippen LogP contribution in [0.3, 0.4) is 0 Å². The summed E-state index contributed by atoms with van der Waals surface area (Å²) >= 11 is 0. The van der Waals surface area contributed by atoms with E-state index in [-0.39, 0.29) is 35.5 Å². The predicted octanol–water partition coefficient (Wildman–Crippen LogP) is 1.51. The van der Waals surface area contributed by atoms with Gasteiger partial charge in [0.1, 0.15) is 0 Å². The minimum atomic E-state index is -1.24. The number of unbranched alkanes of at least 4 members (excludes halogenated alkanes) is 14. The van der Waals surface area contributed by atoms with E-state index in [0.29, 0.717) is 13.3 Å². The Morgan fingerprint density at radius 1 is 0.808 bits per heavy atom. The minimum absolute atomic E-state index is 0. The third-order valence-corrected chi connectivity index (χ3v) is 4.63. The van der Waals surface area contributed by atoms with Gasteiger partial charge in [-0.25, -0.2) is 0 Å². The van der Waals surface area contributed by atoms with E-state index < -0.39 is 12.0 Å². The molecule has 5 heteroatoms. The quantitative estimate of drug-likeness (QED) is 0.290. The van der Waals surface area contributed by atoms with Crippen molar-refractivity contribution in [3.05, 3.63) is 0 Å². The Kier molecular flexibility index (Phi) is 21.2. The van der Waals surface area contributed by atoms with Crippen LogP contribution in [0.2, 0.25) is 0 Å². The minimum Gasteiger partial charge on any atom is -0.548 e. The molecule has 4 nitrogen and oxygen atoms in total. The number of carbonyl (C=O) groups excluding carboxylic acids is 2. The first kappa shape index (κ1) is 25.9. The van der Waals surface area contributed by atoms with Gasteiger partial charge in [0, 0.05) is 7.79 Å². The number of hydrogen-bond acceptors (Lipinski definition) is 3. The van der Waals surface area contributed by atoms with Gasteiger partial charge in [0.2, 0.25) is 5.91 Å². The van der Waals surface area contributed by atoms with Gasteiger partial charge in [0.25, 0.3) is 0 Å². The second-order valence-corrected chi connectivity index (χ2v) is 7.16. The molecule has 148 valence electrons. The first-order valence-corrected chi connectivity index (χ1v) is 10.4. The standard InChI is InChI=1S/C21H41NO3.Na/c1-3-4-5-6-7-8-9-10-11-12-13-14-15-16-17-18-20(23)22-19(2)21(24)25;/h19H,3-18H2,1-2H3,(H,22,23)(H,24,25);/q;+1/p-1/t19-;/m0./s1/i1D;. The van der Waals surface area contributed by atoms with Gasteiger partial charge in [-0.05, 0) is 13.3 Å². The van der Waals surface area contributed by atoms with E-state index in [1.807, 2.05) is 0 Å². The van der Waals surface area contributed by atoms with Gasteiger partial charge in [-0.1, -0.05) is 96.8 Å². The van der Waals surface area contributed by atoms with Crippen LogP contribution in [0, 0.1) is 0 Å². The van der Waals surface area contributed by atoms with Gasteiger partial charge in [-0.2, -0.15) is 0 Å². The summed E-state index contributed by atoms with van der Waals surface area (Å²) < 4.78 is 7.09. The number of nitrogens with one attached hydrogen (secondary N) is 1. The zero-order valence-electron chi connectivity index (χ0n) is 18.3. The molecule has 0 aromatic rings. The summed E-state index contributed by atoms with van der Waals surface area (Å²) in [5.74, 6) is -1.43.